The van der Waals surface area contributed by atoms with Crippen LogP contribution >= 0.6 is 0 Å². The Labute approximate surface area is 91.0 Å². The van der Waals surface area contributed by atoms with E-state index in [4.69, 9.17) is 10.3 Å². The van der Waals surface area contributed by atoms with Crippen LogP contribution in [-0.2, 0) is 0 Å². The lowest BCUT2D eigenvalue weighted by molar-refractivity contribution is 0.347. The molecule has 0 spiro atoms. The van der Waals surface area contributed by atoms with Gasteiger partial charge in [-0.15, -0.1) is 0 Å². The van der Waals surface area contributed by atoms with Gasteiger partial charge < -0.3 is 10.3 Å². The molecule has 1 atom stereocenters. The summed E-state index contributed by atoms with van der Waals surface area (Å²) in [4.78, 5) is 0. The summed E-state index contributed by atoms with van der Waals surface area (Å²) in [6.45, 7) is 2.13. The lowest BCUT2D eigenvalue weighted by atomic mass is 10.0. The Hall–Kier alpha value is -0.830. The van der Waals surface area contributed by atoms with E-state index in [9.17, 15) is 0 Å². The minimum Gasteiger partial charge on any atom is -0.359 e. The Bertz CT molecular complexity index is 302. The number of nitrogens with two attached hydrogens (primary N) is 1. The fourth-order valence-corrected chi connectivity index (χ4v) is 2.35. The minimum atomic E-state index is 0.0256. The predicted octanol–water partition coefficient (Wildman–Crippen LogP) is 3.13. The van der Waals surface area contributed by atoms with Crippen LogP contribution in [0.1, 0.15) is 68.9 Å². The third kappa shape index (κ3) is 2.40. The highest BCUT2D eigenvalue weighted by molar-refractivity contribution is 5.14. The Balaban J connectivity index is 2.02. The van der Waals surface area contributed by atoms with Gasteiger partial charge in [-0.3, -0.25) is 0 Å². The Morgan fingerprint density at radius 2 is 2.27 bits per heavy atom. The highest BCUT2D eigenvalue weighted by Crippen LogP contribution is 2.34. The fraction of sp³-hybridized carbons (Fsp3) is 0.750. The second-order valence-corrected chi connectivity index (χ2v) is 4.53. The van der Waals surface area contributed by atoms with Crippen molar-refractivity contribution in [2.24, 2.45) is 5.73 Å². The molecule has 1 aliphatic carbocycles. The Morgan fingerprint density at radius 1 is 1.53 bits per heavy atom. The molecule has 1 heterocycles. The molecule has 0 aromatic carbocycles. The number of aromatic nitrogens is 1. The van der Waals surface area contributed by atoms with Crippen molar-refractivity contribution in [3.05, 3.63) is 17.5 Å². The highest BCUT2D eigenvalue weighted by Gasteiger charge is 2.22. The Morgan fingerprint density at radius 3 is 2.93 bits per heavy atom. The summed E-state index contributed by atoms with van der Waals surface area (Å²) in [6.07, 6.45) is 7.23. The van der Waals surface area contributed by atoms with E-state index >= 15 is 0 Å². The molecule has 3 heteroatoms. The van der Waals surface area contributed by atoms with Crippen LogP contribution in [0.4, 0.5) is 0 Å². The number of hydrogen-bond acceptors (Lipinski definition) is 3. The van der Waals surface area contributed by atoms with E-state index in [1.165, 1.54) is 25.7 Å². The quantitative estimate of drug-likeness (QED) is 0.827. The molecule has 2 rings (SSSR count). The molecular formula is C12H20N2O. The molecule has 0 aliphatic heterocycles. The summed E-state index contributed by atoms with van der Waals surface area (Å²) in [5.74, 6) is 1.48. The molecular weight excluding hydrogens is 188 g/mol. The standard InChI is InChI=1S/C12H20N2O/c1-2-5-10(13)12-8-11(14-15-12)9-6-3-4-7-9/h8-10H,2-7,13H2,1H3. The molecule has 0 bridgehead atoms. The van der Waals surface area contributed by atoms with Gasteiger partial charge >= 0.3 is 0 Å². The molecule has 1 saturated carbocycles. The molecule has 0 saturated heterocycles. The molecule has 1 unspecified atom stereocenters. The van der Waals surface area contributed by atoms with Crippen molar-refractivity contribution in [1.82, 2.24) is 5.16 Å². The van der Waals surface area contributed by atoms with Crippen molar-refractivity contribution in [3.8, 4) is 0 Å². The highest BCUT2D eigenvalue weighted by atomic mass is 16.5. The monoisotopic (exact) mass is 208 g/mol. The maximum absolute atomic E-state index is 5.98. The van der Waals surface area contributed by atoms with Gasteiger partial charge in [0.2, 0.25) is 0 Å². The van der Waals surface area contributed by atoms with E-state index in [1.807, 2.05) is 0 Å². The second kappa shape index (κ2) is 4.79. The second-order valence-electron chi connectivity index (χ2n) is 4.53. The molecule has 0 radical (unpaired) electrons. The first-order chi connectivity index (χ1) is 7.31. The van der Waals surface area contributed by atoms with Crippen LogP contribution in [0.5, 0.6) is 0 Å². The van der Waals surface area contributed by atoms with Crippen molar-refractivity contribution in [2.45, 2.75) is 57.4 Å². The van der Waals surface area contributed by atoms with E-state index in [0.717, 1.165) is 24.3 Å². The van der Waals surface area contributed by atoms with Crippen molar-refractivity contribution in [2.75, 3.05) is 0 Å². The number of rotatable bonds is 4. The van der Waals surface area contributed by atoms with Gasteiger partial charge in [0.25, 0.3) is 0 Å². The van der Waals surface area contributed by atoms with Gasteiger partial charge in [-0.25, -0.2) is 0 Å². The third-order valence-electron chi connectivity index (χ3n) is 3.29. The topological polar surface area (TPSA) is 52.0 Å². The van der Waals surface area contributed by atoms with Crippen LogP contribution in [0.25, 0.3) is 0 Å². The van der Waals surface area contributed by atoms with Gasteiger partial charge in [0.15, 0.2) is 5.76 Å². The summed E-state index contributed by atoms with van der Waals surface area (Å²) >= 11 is 0. The molecule has 1 aromatic rings. The smallest absolute Gasteiger partial charge is 0.153 e. The number of nitrogens with zero attached hydrogens (tertiary/aromatic N) is 1. The molecule has 1 fully saturated rings. The summed E-state index contributed by atoms with van der Waals surface area (Å²) in [5, 5.41) is 4.15. The van der Waals surface area contributed by atoms with Crippen LogP contribution in [-0.4, -0.2) is 5.16 Å². The molecule has 84 valence electrons. The molecule has 1 aliphatic rings. The zero-order chi connectivity index (χ0) is 10.7. The normalized spacial score (nSPS) is 19.6. The van der Waals surface area contributed by atoms with Crippen molar-refractivity contribution in [1.29, 1.82) is 0 Å². The van der Waals surface area contributed by atoms with E-state index in [2.05, 4.69) is 18.1 Å². The van der Waals surface area contributed by atoms with Gasteiger partial charge in [-0.05, 0) is 19.3 Å². The zero-order valence-corrected chi connectivity index (χ0v) is 9.41. The Kier molecular flexibility index (Phi) is 3.41. The van der Waals surface area contributed by atoms with E-state index in [-0.39, 0.29) is 6.04 Å². The average molecular weight is 208 g/mol. The summed E-state index contributed by atoms with van der Waals surface area (Å²) < 4.78 is 5.32. The molecule has 2 N–H and O–H groups in total. The zero-order valence-electron chi connectivity index (χ0n) is 9.41. The van der Waals surface area contributed by atoms with Gasteiger partial charge in [0, 0.05) is 12.0 Å². The van der Waals surface area contributed by atoms with Crippen molar-refractivity contribution >= 4 is 0 Å². The first-order valence-electron chi connectivity index (χ1n) is 6.03. The molecule has 3 nitrogen and oxygen atoms in total. The predicted molar refractivity (Wildman–Crippen MR) is 59.5 cm³/mol. The maximum Gasteiger partial charge on any atom is 0.153 e. The molecule has 0 amide bonds. The van der Waals surface area contributed by atoms with Crippen molar-refractivity contribution < 1.29 is 4.52 Å². The molecule has 1 aromatic heterocycles. The summed E-state index contributed by atoms with van der Waals surface area (Å²) in [6, 6.07) is 2.09. The summed E-state index contributed by atoms with van der Waals surface area (Å²) in [5.41, 5.74) is 7.10. The largest absolute Gasteiger partial charge is 0.359 e. The number of hydrogen-bond donors (Lipinski definition) is 1. The van der Waals surface area contributed by atoms with Crippen LogP contribution in [0.3, 0.4) is 0 Å². The molecule has 15 heavy (non-hydrogen) atoms. The average Bonchev–Trinajstić information content (AvgIpc) is 2.89. The van der Waals surface area contributed by atoms with Crippen LogP contribution < -0.4 is 5.73 Å². The first kappa shape index (κ1) is 10.7. The van der Waals surface area contributed by atoms with E-state index in [0.29, 0.717) is 5.92 Å². The van der Waals surface area contributed by atoms with Gasteiger partial charge in [-0.2, -0.15) is 0 Å². The first-order valence-corrected chi connectivity index (χ1v) is 6.03. The lowest BCUT2D eigenvalue weighted by Crippen LogP contribution is -2.08. The van der Waals surface area contributed by atoms with Gasteiger partial charge in [0.05, 0.1) is 11.7 Å². The van der Waals surface area contributed by atoms with Gasteiger partial charge in [-0.1, -0.05) is 31.3 Å². The van der Waals surface area contributed by atoms with Crippen LogP contribution in [0.2, 0.25) is 0 Å². The summed E-state index contributed by atoms with van der Waals surface area (Å²) in [7, 11) is 0. The SMILES string of the molecule is CCCC(N)c1cc(C2CCCC2)no1. The fourth-order valence-electron chi connectivity index (χ4n) is 2.35. The van der Waals surface area contributed by atoms with Gasteiger partial charge in [0.1, 0.15) is 0 Å². The van der Waals surface area contributed by atoms with E-state index < -0.39 is 0 Å². The lowest BCUT2D eigenvalue weighted by Gasteiger charge is -2.04. The van der Waals surface area contributed by atoms with Crippen molar-refractivity contribution in [3.63, 3.8) is 0 Å². The van der Waals surface area contributed by atoms with Crippen LogP contribution in [0.15, 0.2) is 10.6 Å². The minimum absolute atomic E-state index is 0.0256. The van der Waals surface area contributed by atoms with Crippen LogP contribution in [0, 0.1) is 0 Å². The third-order valence-corrected chi connectivity index (χ3v) is 3.29. The maximum atomic E-state index is 5.98. The van der Waals surface area contributed by atoms with E-state index in [1.54, 1.807) is 0 Å².